The van der Waals surface area contributed by atoms with Crippen molar-refractivity contribution in [3.05, 3.63) is 35.6 Å². The molecule has 0 aliphatic rings. The van der Waals surface area contributed by atoms with Crippen molar-refractivity contribution in [3.8, 4) is 6.07 Å². The van der Waals surface area contributed by atoms with Gasteiger partial charge in [-0.2, -0.15) is 5.26 Å². The van der Waals surface area contributed by atoms with E-state index >= 15 is 0 Å². The van der Waals surface area contributed by atoms with Crippen LogP contribution < -0.4 is 10.6 Å². The summed E-state index contributed by atoms with van der Waals surface area (Å²) in [4.78, 5) is 24.8. The van der Waals surface area contributed by atoms with Crippen molar-refractivity contribution < 1.29 is 14.0 Å². The number of hydrogen-bond acceptors (Lipinski definition) is 3. The summed E-state index contributed by atoms with van der Waals surface area (Å²) in [5, 5.41) is 13.7. The Hall–Kier alpha value is -2.62. The van der Waals surface area contributed by atoms with E-state index in [1.807, 2.05) is 13.0 Å². The highest BCUT2D eigenvalue weighted by Gasteiger charge is 2.13. The molecule has 1 aromatic rings. The number of urea groups is 1. The summed E-state index contributed by atoms with van der Waals surface area (Å²) in [7, 11) is 0. The van der Waals surface area contributed by atoms with Crippen molar-refractivity contribution in [1.82, 2.24) is 15.5 Å². The lowest BCUT2D eigenvalue weighted by Crippen LogP contribution is -2.44. The van der Waals surface area contributed by atoms with Gasteiger partial charge in [-0.25, -0.2) is 9.18 Å². The van der Waals surface area contributed by atoms with Crippen LogP contribution in [0, 0.1) is 17.1 Å². The zero-order chi connectivity index (χ0) is 16.4. The molecule has 118 valence electrons. The average molecular weight is 306 g/mol. The molecule has 0 heterocycles. The lowest BCUT2D eigenvalue weighted by molar-refractivity contribution is -0.129. The Bertz CT molecular complexity index is 539. The monoisotopic (exact) mass is 306 g/mol. The third-order valence-corrected chi connectivity index (χ3v) is 2.87. The topological polar surface area (TPSA) is 85.2 Å². The van der Waals surface area contributed by atoms with Crippen LogP contribution in [0.15, 0.2) is 24.3 Å². The number of halogens is 1. The van der Waals surface area contributed by atoms with Crippen LogP contribution >= 0.6 is 0 Å². The van der Waals surface area contributed by atoms with Crippen LogP contribution in [0.2, 0.25) is 0 Å². The molecule has 2 N–H and O–H groups in total. The minimum absolute atomic E-state index is 0.00551. The molecule has 0 atom stereocenters. The summed E-state index contributed by atoms with van der Waals surface area (Å²) >= 11 is 0. The Labute approximate surface area is 128 Å². The quantitative estimate of drug-likeness (QED) is 0.746. The van der Waals surface area contributed by atoms with Gasteiger partial charge < -0.3 is 15.5 Å². The molecule has 7 heteroatoms. The number of hydrogen-bond donors (Lipinski definition) is 2. The summed E-state index contributed by atoms with van der Waals surface area (Å²) in [5.74, 6) is -0.646. The maximum absolute atomic E-state index is 12.7. The van der Waals surface area contributed by atoms with Crippen molar-refractivity contribution in [1.29, 1.82) is 5.26 Å². The van der Waals surface area contributed by atoms with E-state index in [0.717, 1.165) is 12.0 Å². The normalized spacial score (nSPS) is 9.68. The van der Waals surface area contributed by atoms with Gasteiger partial charge in [0.15, 0.2) is 0 Å². The summed E-state index contributed by atoms with van der Waals surface area (Å²) in [5.41, 5.74) is 0.750. The fourth-order valence-electron chi connectivity index (χ4n) is 1.76. The van der Waals surface area contributed by atoms with Crippen molar-refractivity contribution >= 4 is 11.9 Å². The van der Waals surface area contributed by atoms with Gasteiger partial charge in [-0.3, -0.25) is 4.79 Å². The Morgan fingerprint density at radius 1 is 1.27 bits per heavy atom. The lowest BCUT2D eigenvalue weighted by Gasteiger charge is -2.18. The number of nitrogens with one attached hydrogen (secondary N) is 2. The van der Waals surface area contributed by atoms with Gasteiger partial charge in [-0.15, -0.1) is 0 Å². The van der Waals surface area contributed by atoms with E-state index in [1.54, 1.807) is 12.1 Å². The molecule has 22 heavy (non-hydrogen) atoms. The lowest BCUT2D eigenvalue weighted by atomic mass is 10.2. The largest absolute Gasteiger partial charge is 0.334 e. The smallest absolute Gasteiger partial charge is 0.315 e. The maximum Gasteiger partial charge on any atom is 0.315 e. The summed E-state index contributed by atoms with van der Waals surface area (Å²) in [6.45, 7) is 2.45. The van der Waals surface area contributed by atoms with Crippen LogP contribution in [0.1, 0.15) is 18.9 Å². The van der Waals surface area contributed by atoms with Crippen molar-refractivity contribution in [2.75, 3.05) is 19.6 Å². The molecule has 0 saturated heterocycles. The average Bonchev–Trinajstić information content (AvgIpc) is 2.52. The predicted molar refractivity (Wildman–Crippen MR) is 79.1 cm³/mol. The van der Waals surface area contributed by atoms with Gasteiger partial charge in [0.1, 0.15) is 12.4 Å². The van der Waals surface area contributed by atoms with E-state index in [4.69, 9.17) is 5.26 Å². The summed E-state index contributed by atoms with van der Waals surface area (Å²) < 4.78 is 12.7. The molecule has 1 rings (SSSR count). The first-order valence-electron chi connectivity index (χ1n) is 6.97. The Balaban J connectivity index is 2.34. The third kappa shape index (κ3) is 6.22. The zero-order valence-electron chi connectivity index (χ0n) is 12.4. The van der Waals surface area contributed by atoms with E-state index in [1.165, 1.54) is 17.0 Å². The number of nitrogens with zero attached hydrogens (tertiary/aromatic N) is 2. The first kappa shape index (κ1) is 17.4. The Kier molecular flexibility index (Phi) is 7.40. The SMILES string of the molecule is CCCN(CC#N)C(=O)CNC(=O)NCc1ccc(F)cc1. The predicted octanol–water partition coefficient (Wildman–Crippen LogP) is 1.39. The first-order chi connectivity index (χ1) is 10.6. The van der Waals surface area contributed by atoms with Crippen LogP contribution in [-0.4, -0.2) is 36.5 Å². The van der Waals surface area contributed by atoms with Gasteiger partial charge in [0.25, 0.3) is 0 Å². The molecule has 0 spiro atoms. The summed E-state index contributed by atoms with van der Waals surface area (Å²) in [6.07, 6.45) is 0.740. The van der Waals surface area contributed by atoms with E-state index in [0.29, 0.717) is 6.54 Å². The second-order valence-corrected chi connectivity index (χ2v) is 4.64. The highest BCUT2D eigenvalue weighted by molar-refractivity contribution is 5.84. The Morgan fingerprint density at radius 3 is 2.55 bits per heavy atom. The van der Waals surface area contributed by atoms with Crippen molar-refractivity contribution in [3.63, 3.8) is 0 Å². The number of rotatable bonds is 7. The fraction of sp³-hybridized carbons (Fsp3) is 0.400. The molecule has 0 saturated carbocycles. The van der Waals surface area contributed by atoms with Gasteiger partial charge in [0, 0.05) is 13.1 Å². The number of carbonyl (C=O) groups is 2. The van der Waals surface area contributed by atoms with Crippen LogP contribution in [-0.2, 0) is 11.3 Å². The van der Waals surface area contributed by atoms with Gasteiger partial charge in [0.05, 0.1) is 12.6 Å². The fourth-order valence-corrected chi connectivity index (χ4v) is 1.76. The van der Waals surface area contributed by atoms with E-state index in [9.17, 15) is 14.0 Å². The first-order valence-corrected chi connectivity index (χ1v) is 6.97. The van der Waals surface area contributed by atoms with Gasteiger partial charge in [0.2, 0.25) is 5.91 Å². The highest BCUT2D eigenvalue weighted by Crippen LogP contribution is 2.01. The summed E-state index contributed by atoms with van der Waals surface area (Å²) in [6, 6.07) is 7.17. The molecule has 0 aliphatic heterocycles. The molecule has 1 aromatic carbocycles. The molecular weight excluding hydrogens is 287 g/mol. The second kappa shape index (κ2) is 9.34. The van der Waals surface area contributed by atoms with Gasteiger partial charge in [-0.05, 0) is 24.1 Å². The molecule has 0 unspecified atom stereocenters. The highest BCUT2D eigenvalue weighted by atomic mass is 19.1. The van der Waals surface area contributed by atoms with E-state index < -0.39 is 6.03 Å². The minimum atomic E-state index is -0.494. The molecule has 0 aromatic heterocycles. The van der Waals surface area contributed by atoms with E-state index in [-0.39, 0.29) is 31.4 Å². The van der Waals surface area contributed by atoms with E-state index in [2.05, 4.69) is 10.6 Å². The van der Waals surface area contributed by atoms with Crippen LogP contribution in [0.25, 0.3) is 0 Å². The molecule has 0 radical (unpaired) electrons. The zero-order valence-corrected chi connectivity index (χ0v) is 12.4. The number of nitriles is 1. The standard InChI is InChI=1S/C15H19FN4O2/c1-2-8-20(9-7-17)14(21)11-19-15(22)18-10-12-3-5-13(16)6-4-12/h3-6H,2,8-11H2,1H3,(H2,18,19,22). The Morgan fingerprint density at radius 2 is 1.95 bits per heavy atom. The minimum Gasteiger partial charge on any atom is -0.334 e. The van der Waals surface area contributed by atoms with Crippen LogP contribution in [0.3, 0.4) is 0 Å². The molecule has 3 amide bonds. The molecule has 6 nitrogen and oxygen atoms in total. The van der Waals surface area contributed by atoms with Gasteiger partial charge in [-0.1, -0.05) is 19.1 Å². The van der Waals surface area contributed by atoms with Gasteiger partial charge >= 0.3 is 6.03 Å². The molecular formula is C15H19FN4O2. The number of carbonyl (C=O) groups excluding carboxylic acids is 2. The number of amides is 3. The second-order valence-electron chi connectivity index (χ2n) is 4.64. The third-order valence-electron chi connectivity index (χ3n) is 2.87. The number of benzene rings is 1. The molecule has 0 bridgehead atoms. The van der Waals surface area contributed by atoms with Crippen molar-refractivity contribution in [2.24, 2.45) is 0 Å². The molecule has 0 aliphatic carbocycles. The van der Waals surface area contributed by atoms with Crippen molar-refractivity contribution in [2.45, 2.75) is 19.9 Å². The maximum atomic E-state index is 12.7. The molecule has 0 fully saturated rings. The van der Waals surface area contributed by atoms with Crippen LogP contribution in [0.5, 0.6) is 0 Å². The van der Waals surface area contributed by atoms with Crippen LogP contribution in [0.4, 0.5) is 9.18 Å².